The van der Waals surface area contributed by atoms with E-state index < -0.39 is 0 Å². The van der Waals surface area contributed by atoms with Gasteiger partial charge in [0.05, 0.1) is 0 Å². The molecule has 9 aromatic carbocycles. The molecule has 2 heterocycles. The number of benzene rings is 9. The lowest BCUT2D eigenvalue weighted by Gasteiger charge is -2.27. The zero-order valence-corrected chi connectivity index (χ0v) is 31.3. The van der Waals surface area contributed by atoms with Crippen LogP contribution in [0.25, 0.3) is 86.3 Å². The van der Waals surface area contributed by atoms with Crippen LogP contribution in [0.3, 0.4) is 0 Å². The first-order valence-electron chi connectivity index (χ1n) is 19.1. The highest BCUT2D eigenvalue weighted by Crippen LogP contribution is 2.40. The lowest BCUT2D eigenvalue weighted by atomic mass is 9.97. The minimum Gasteiger partial charge on any atom is -0.456 e. The summed E-state index contributed by atoms with van der Waals surface area (Å²) in [7, 11) is 0. The third kappa shape index (κ3) is 5.72. The van der Waals surface area contributed by atoms with Crippen LogP contribution in [0.5, 0.6) is 0 Å². The fraction of sp³-hybridized carbons (Fsp3) is 0.0189. The number of hydrogen-bond donors (Lipinski definition) is 0. The number of para-hydroxylation sites is 1. The Labute approximate surface area is 329 Å². The molecule has 11 aromatic rings. The molecule has 0 N–H and O–H groups in total. The highest BCUT2D eigenvalue weighted by atomic mass is 32.1. The van der Waals surface area contributed by atoms with Gasteiger partial charge < -0.3 is 9.32 Å². The molecule has 0 spiro atoms. The standard InChI is InChI=1S/C53H35NOS/c1-2-11-37-30-39(21-20-35(37)10-1)36-22-26-43(27-23-36)54(44-14-9-13-38(31-44)40-25-29-53-49(32-40)48-17-6-8-19-52(48)56-53)34-42-12-3-4-15-45(42)41-24-28-47-46-16-5-7-18-50(46)55-51(47)33-41/h1-33H,34H2. The summed E-state index contributed by atoms with van der Waals surface area (Å²) in [5, 5.41) is 7.41. The normalized spacial score (nSPS) is 11.6. The Morgan fingerprint density at radius 1 is 0.375 bits per heavy atom. The summed E-state index contributed by atoms with van der Waals surface area (Å²) in [6.45, 7) is 0.682. The van der Waals surface area contributed by atoms with Crippen LogP contribution >= 0.6 is 11.3 Å². The molecule has 0 unspecified atom stereocenters. The molecule has 3 heteroatoms. The summed E-state index contributed by atoms with van der Waals surface area (Å²) < 4.78 is 8.98. The molecular weight excluding hydrogens is 699 g/mol. The van der Waals surface area contributed by atoms with Crippen molar-refractivity contribution in [2.75, 3.05) is 4.90 Å². The molecule has 0 bridgehead atoms. The lowest BCUT2D eigenvalue weighted by Crippen LogP contribution is -2.17. The molecule has 0 radical (unpaired) electrons. The summed E-state index contributed by atoms with van der Waals surface area (Å²) in [5.41, 5.74) is 12.5. The maximum Gasteiger partial charge on any atom is 0.136 e. The van der Waals surface area contributed by atoms with Crippen molar-refractivity contribution in [3.05, 3.63) is 206 Å². The Balaban J connectivity index is 1.01. The Kier molecular flexibility index (Phi) is 7.78. The highest BCUT2D eigenvalue weighted by molar-refractivity contribution is 7.25. The number of fused-ring (bicyclic) bond motifs is 7. The molecule has 0 aliphatic rings. The van der Waals surface area contributed by atoms with Crippen LogP contribution in [-0.4, -0.2) is 0 Å². The fourth-order valence-electron chi connectivity index (χ4n) is 8.30. The van der Waals surface area contributed by atoms with E-state index in [0.717, 1.165) is 38.9 Å². The van der Waals surface area contributed by atoms with Gasteiger partial charge in [-0.05, 0) is 116 Å². The first kappa shape index (κ1) is 32.5. The molecule has 264 valence electrons. The Hall–Kier alpha value is -6.94. The maximum atomic E-state index is 6.34. The Morgan fingerprint density at radius 3 is 1.98 bits per heavy atom. The molecule has 0 saturated carbocycles. The van der Waals surface area contributed by atoms with Crippen molar-refractivity contribution in [3.63, 3.8) is 0 Å². The molecule has 0 atom stereocenters. The van der Waals surface area contributed by atoms with Crippen molar-refractivity contribution in [2.24, 2.45) is 0 Å². The SMILES string of the molecule is c1cc(-c2ccc3sc4ccccc4c3c2)cc(N(Cc2ccccc2-c2ccc3c(c2)oc2ccccc23)c2ccc(-c3ccc4ccccc4c3)cc2)c1. The molecule has 0 aliphatic carbocycles. The van der Waals surface area contributed by atoms with Crippen molar-refractivity contribution >= 4 is 75.6 Å². The summed E-state index contributed by atoms with van der Waals surface area (Å²) >= 11 is 1.86. The molecule has 11 rings (SSSR count). The smallest absolute Gasteiger partial charge is 0.136 e. The Morgan fingerprint density at radius 2 is 1.05 bits per heavy atom. The second-order valence-corrected chi connectivity index (χ2v) is 15.6. The van der Waals surface area contributed by atoms with Crippen molar-refractivity contribution in [1.82, 2.24) is 0 Å². The van der Waals surface area contributed by atoms with E-state index in [2.05, 4.69) is 193 Å². The van der Waals surface area contributed by atoms with Gasteiger partial charge in [0.25, 0.3) is 0 Å². The predicted octanol–water partition coefficient (Wildman–Crippen LogP) is 15.4. The third-order valence-electron chi connectivity index (χ3n) is 11.2. The van der Waals surface area contributed by atoms with Gasteiger partial charge in [0, 0.05) is 48.9 Å². The number of anilines is 2. The molecule has 56 heavy (non-hydrogen) atoms. The largest absolute Gasteiger partial charge is 0.456 e. The predicted molar refractivity (Wildman–Crippen MR) is 239 cm³/mol. The van der Waals surface area contributed by atoms with Crippen molar-refractivity contribution < 1.29 is 4.42 Å². The third-order valence-corrected chi connectivity index (χ3v) is 12.3. The zero-order valence-electron chi connectivity index (χ0n) is 30.5. The number of thiophene rings is 1. The average molecular weight is 734 g/mol. The van der Waals surface area contributed by atoms with Crippen LogP contribution in [-0.2, 0) is 6.54 Å². The van der Waals surface area contributed by atoms with E-state index in [1.54, 1.807) is 0 Å². The summed E-state index contributed by atoms with van der Waals surface area (Å²) in [4.78, 5) is 2.45. The van der Waals surface area contributed by atoms with Gasteiger partial charge in [-0.25, -0.2) is 0 Å². The van der Waals surface area contributed by atoms with Gasteiger partial charge in [0.15, 0.2) is 0 Å². The van der Waals surface area contributed by atoms with Crippen molar-refractivity contribution in [1.29, 1.82) is 0 Å². The summed E-state index contributed by atoms with van der Waals surface area (Å²) in [6, 6.07) is 72.6. The first-order valence-corrected chi connectivity index (χ1v) is 19.9. The van der Waals surface area contributed by atoms with Gasteiger partial charge in [-0.15, -0.1) is 11.3 Å². The maximum absolute atomic E-state index is 6.34. The Bertz CT molecular complexity index is 3240. The average Bonchev–Trinajstić information content (AvgIpc) is 3.83. The van der Waals surface area contributed by atoms with E-state index in [0.29, 0.717) is 6.54 Å². The quantitative estimate of drug-likeness (QED) is 0.162. The zero-order chi connectivity index (χ0) is 37.0. The van der Waals surface area contributed by atoms with E-state index in [1.165, 1.54) is 64.3 Å². The van der Waals surface area contributed by atoms with Gasteiger partial charge in [0.2, 0.25) is 0 Å². The second kappa shape index (κ2) is 13.4. The second-order valence-electron chi connectivity index (χ2n) is 14.5. The van der Waals surface area contributed by atoms with Crippen LogP contribution in [0.4, 0.5) is 11.4 Å². The van der Waals surface area contributed by atoms with Gasteiger partial charge in [0.1, 0.15) is 11.2 Å². The van der Waals surface area contributed by atoms with Crippen LogP contribution in [0.2, 0.25) is 0 Å². The fourth-order valence-corrected chi connectivity index (χ4v) is 9.38. The summed E-state index contributed by atoms with van der Waals surface area (Å²) in [5.74, 6) is 0. The number of hydrogen-bond acceptors (Lipinski definition) is 3. The van der Waals surface area contributed by atoms with Crippen LogP contribution < -0.4 is 4.90 Å². The number of furan rings is 1. The van der Waals surface area contributed by atoms with Gasteiger partial charge in [-0.2, -0.15) is 0 Å². The van der Waals surface area contributed by atoms with Gasteiger partial charge in [-0.1, -0.05) is 133 Å². The number of rotatable bonds is 7. The monoisotopic (exact) mass is 733 g/mol. The molecular formula is C53H35NOS. The van der Waals surface area contributed by atoms with E-state index in [9.17, 15) is 0 Å². The van der Waals surface area contributed by atoms with Crippen LogP contribution in [0.1, 0.15) is 5.56 Å². The lowest BCUT2D eigenvalue weighted by molar-refractivity contribution is 0.669. The molecule has 0 amide bonds. The topological polar surface area (TPSA) is 16.4 Å². The summed E-state index contributed by atoms with van der Waals surface area (Å²) in [6.07, 6.45) is 0. The highest BCUT2D eigenvalue weighted by Gasteiger charge is 2.17. The molecule has 0 aliphatic heterocycles. The van der Waals surface area contributed by atoms with Gasteiger partial charge >= 0.3 is 0 Å². The van der Waals surface area contributed by atoms with Crippen LogP contribution in [0.15, 0.2) is 205 Å². The molecule has 0 fully saturated rings. The van der Waals surface area contributed by atoms with Gasteiger partial charge in [-0.3, -0.25) is 0 Å². The molecule has 2 nitrogen and oxygen atoms in total. The number of nitrogens with zero attached hydrogens (tertiary/aromatic N) is 1. The van der Waals surface area contributed by atoms with E-state index in [1.807, 2.05) is 23.5 Å². The van der Waals surface area contributed by atoms with Crippen molar-refractivity contribution in [3.8, 4) is 33.4 Å². The minimum absolute atomic E-state index is 0.682. The molecule has 2 aromatic heterocycles. The van der Waals surface area contributed by atoms with Crippen molar-refractivity contribution in [2.45, 2.75) is 6.54 Å². The molecule has 0 saturated heterocycles. The first-order chi connectivity index (χ1) is 27.7. The van der Waals surface area contributed by atoms with Crippen LogP contribution in [0, 0.1) is 0 Å². The van der Waals surface area contributed by atoms with E-state index >= 15 is 0 Å². The van der Waals surface area contributed by atoms with E-state index in [-0.39, 0.29) is 0 Å². The minimum atomic E-state index is 0.682. The van der Waals surface area contributed by atoms with E-state index in [4.69, 9.17) is 4.42 Å².